The molecule has 1 atom stereocenters. The van der Waals surface area contributed by atoms with E-state index in [1.807, 2.05) is 0 Å². The van der Waals surface area contributed by atoms with Gasteiger partial charge in [-0.1, -0.05) is 0 Å². The van der Waals surface area contributed by atoms with Crippen molar-refractivity contribution in [3.05, 3.63) is 0 Å². The van der Waals surface area contributed by atoms with Gasteiger partial charge in [-0.05, 0) is 6.72 Å². The van der Waals surface area contributed by atoms with Crippen molar-refractivity contribution in [1.29, 1.82) is 0 Å². The van der Waals surface area contributed by atoms with E-state index in [0.717, 1.165) is 13.0 Å². The molecule has 0 aromatic carbocycles. The molecule has 0 unspecified atom stereocenters. The van der Waals surface area contributed by atoms with Gasteiger partial charge in [-0.2, -0.15) is 0 Å². The van der Waals surface area contributed by atoms with Crippen LogP contribution in [0.3, 0.4) is 0 Å². The van der Waals surface area contributed by atoms with Crippen LogP contribution in [0.15, 0.2) is 4.99 Å². The zero-order valence-electron chi connectivity index (χ0n) is 5.59. The molecule has 1 heterocycles. The van der Waals surface area contributed by atoms with Crippen molar-refractivity contribution in [2.75, 3.05) is 20.3 Å². The van der Waals surface area contributed by atoms with Crippen molar-refractivity contribution < 1.29 is 9.47 Å². The minimum absolute atomic E-state index is 0.431. The summed E-state index contributed by atoms with van der Waals surface area (Å²) in [4.78, 5) is 3.84. The standard InChI is InChI=1S/C6H11NO2/c1-7-6(8-2)3-4-9-5-6/h1,3-5H2,2H3/t6-/m0/s1. The Morgan fingerprint density at radius 2 is 2.56 bits per heavy atom. The smallest absolute Gasteiger partial charge is 0.183 e. The van der Waals surface area contributed by atoms with Gasteiger partial charge in [0.05, 0.1) is 13.2 Å². The molecule has 0 bridgehead atoms. The summed E-state index contributed by atoms with van der Waals surface area (Å²) in [6, 6.07) is 0. The summed E-state index contributed by atoms with van der Waals surface area (Å²) in [5, 5.41) is 0. The highest BCUT2D eigenvalue weighted by molar-refractivity contribution is 5.25. The Hall–Kier alpha value is -0.410. The predicted octanol–water partition coefficient (Wildman–Crippen LogP) is 0.450. The Labute approximate surface area is 54.7 Å². The number of hydrogen-bond acceptors (Lipinski definition) is 3. The average molecular weight is 129 g/mol. The van der Waals surface area contributed by atoms with Crippen molar-refractivity contribution in [3.8, 4) is 0 Å². The topological polar surface area (TPSA) is 30.8 Å². The molecule has 3 nitrogen and oxygen atoms in total. The van der Waals surface area contributed by atoms with Gasteiger partial charge < -0.3 is 9.47 Å². The SMILES string of the molecule is C=N[C@]1(OC)CCOC1. The number of ether oxygens (including phenoxy) is 2. The molecule has 1 aliphatic rings. The summed E-state index contributed by atoms with van der Waals surface area (Å²) < 4.78 is 10.2. The summed E-state index contributed by atoms with van der Waals surface area (Å²) in [5.74, 6) is 0. The molecule has 0 amide bonds. The highest BCUT2D eigenvalue weighted by Gasteiger charge is 2.32. The second-order valence-corrected chi connectivity index (χ2v) is 2.11. The van der Waals surface area contributed by atoms with Crippen LogP contribution in [0.25, 0.3) is 0 Å². The zero-order valence-corrected chi connectivity index (χ0v) is 5.59. The molecule has 0 N–H and O–H groups in total. The number of aliphatic imine (C=N–C) groups is 1. The van der Waals surface area contributed by atoms with Crippen LogP contribution in [-0.2, 0) is 9.47 Å². The first-order chi connectivity index (χ1) is 4.33. The van der Waals surface area contributed by atoms with Crippen LogP contribution in [-0.4, -0.2) is 32.8 Å². The van der Waals surface area contributed by atoms with E-state index in [4.69, 9.17) is 9.47 Å². The van der Waals surface area contributed by atoms with Gasteiger partial charge in [0.2, 0.25) is 0 Å². The van der Waals surface area contributed by atoms with Gasteiger partial charge in [-0.3, -0.25) is 4.99 Å². The fourth-order valence-electron chi connectivity index (χ4n) is 0.886. The Morgan fingerprint density at radius 1 is 1.78 bits per heavy atom. The van der Waals surface area contributed by atoms with Crippen molar-refractivity contribution in [2.24, 2.45) is 4.99 Å². The van der Waals surface area contributed by atoms with E-state index in [9.17, 15) is 0 Å². The van der Waals surface area contributed by atoms with Gasteiger partial charge in [0.25, 0.3) is 0 Å². The van der Waals surface area contributed by atoms with Gasteiger partial charge in [0, 0.05) is 13.5 Å². The summed E-state index contributed by atoms with van der Waals surface area (Å²) in [6.07, 6.45) is 0.826. The third-order valence-corrected chi connectivity index (χ3v) is 1.63. The van der Waals surface area contributed by atoms with Crippen LogP contribution in [0, 0.1) is 0 Å². The first kappa shape index (κ1) is 6.71. The summed E-state index contributed by atoms with van der Waals surface area (Å²) in [5.41, 5.74) is -0.431. The predicted molar refractivity (Wildman–Crippen MR) is 34.7 cm³/mol. The van der Waals surface area contributed by atoms with Crippen molar-refractivity contribution >= 4 is 6.72 Å². The molecular weight excluding hydrogens is 118 g/mol. The first-order valence-corrected chi connectivity index (χ1v) is 2.94. The fraction of sp³-hybridized carbons (Fsp3) is 0.833. The molecule has 52 valence electrons. The zero-order chi connectivity index (χ0) is 6.74. The molecule has 9 heavy (non-hydrogen) atoms. The molecule has 1 aliphatic heterocycles. The highest BCUT2D eigenvalue weighted by atomic mass is 16.6. The first-order valence-electron chi connectivity index (χ1n) is 2.94. The third kappa shape index (κ3) is 1.11. The monoisotopic (exact) mass is 129 g/mol. The van der Waals surface area contributed by atoms with Crippen molar-refractivity contribution in [3.63, 3.8) is 0 Å². The van der Waals surface area contributed by atoms with Crippen molar-refractivity contribution in [2.45, 2.75) is 12.1 Å². The van der Waals surface area contributed by atoms with E-state index in [1.165, 1.54) is 0 Å². The van der Waals surface area contributed by atoms with Crippen LogP contribution in [0.4, 0.5) is 0 Å². The number of rotatable bonds is 2. The van der Waals surface area contributed by atoms with Gasteiger partial charge in [-0.15, -0.1) is 0 Å². The molecule has 0 radical (unpaired) electrons. The van der Waals surface area contributed by atoms with Crippen molar-refractivity contribution in [1.82, 2.24) is 0 Å². The third-order valence-electron chi connectivity index (χ3n) is 1.63. The van der Waals surface area contributed by atoms with Gasteiger partial charge in [0.15, 0.2) is 5.72 Å². The lowest BCUT2D eigenvalue weighted by atomic mass is 10.2. The van der Waals surface area contributed by atoms with E-state index in [-0.39, 0.29) is 0 Å². The van der Waals surface area contributed by atoms with Gasteiger partial charge in [0.1, 0.15) is 0 Å². The van der Waals surface area contributed by atoms with E-state index in [2.05, 4.69) is 11.7 Å². The fourth-order valence-corrected chi connectivity index (χ4v) is 0.886. The molecule has 0 spiro atoms. The number of methoxy groups -OCH3 is 1. The summed E-state index contributed by atoms with van der Waals surface area (Å²) in [6.45, 7) is 4.71. The normalized spacial score (nSPS) is 34.8. The number of nitrogens with zero attached hydrogens (tertiary/aromatic N) is 1. The second-order valence-electron chi connectivity index (χ2n) is 2.11. The summed E-state index contributed by atoms with van der Waals surface area (Å²) in [7, 11) is 1.63. The van der Waals surface area contributed by atoms with E-state index in [0.29, 0.717) is 6.61 Å². The Kier molecular flexibility index (Phi) is 1.83. The Bertz CT molecular complexity index is 108. The van der Waals surface area contributed by atoms with Crippen LogP contribution in [0.2, 0.25) is 0 Å². The van der Waals surface area contributed by atoms with E-state index >= 15 is 0 Å². The number of hydrogen-bond donors (Lipinski definition) is 0. The summed E-state index contributed by atoms with van der Waals surface area (Å²) >= 11 is 0. The lowest BCUT2D eigenvalue weighted by Crippen LogP contribution is -2.28. The molecule has 0 saturated carbocycles. The van der Waals surface area contributed by atoms with E-state index in [1.54, 1.807) is 7.11 Å². The minimum atomic E-state index is -0.431. The largest absolute Gasteiger partial charge is 0.376 e. The highest BCUT2D eigenvalue weighted by Crippen LogP contribution is 2.22. The Balaban J connectivity index is 2.55. The van der Waals surface area contributed by atoms with E-state index < -0.39 is 5.72 Å². The van der Waals surface area contributed by atoms with Crippen LogP contribution in [0.1, 0.15) is 6.42 Å². The maximum absolute atomic E-state index is 5.09. The molecule has 0 aliphatic carbocycles. The average Bonchev–Trinajstić information content (AvgIpc) is 2.36. The quantitative estimate of drug-likeness (QED) is 0.507. The van der Waals surface area contributed by atoms with Gasteiger partial charge in [-0.25, -0.2) is 0 Å². The van der Waals surface area contributed by atoms with Gasteiger partial charge >= 0.3 is 0 Å². The Morgan fingerprint density at radius 3 is 2.78 bits per heavy atom. The molecule has 1 saturated heterocycles. The molecular formula is C6H11NO2. The lowest BCUT2D eigenvalue weighted by Gasteiger charge is -2.18. The maximum Gasteiger partial charge on any atom is 0.183 e. The van der Waals surface area contributed by atoms with Crippen LogP contribution >= 0.6 is 0 Å². The molecule has 3 heteroatoms. The van der Waals surface area contributed by atoms with Crippen LogP contribution in [0.5, 0.6) is 0 Å². The molecule has 0 aromatic rings. The minimum Gasteiger partial charge on any atom is -0.376 e. The maximum atomic E-state index is 5.09. The lowest BCUT2D eigenvalue weighted by molar-refractivity contribution is -0.00869. The molecule has 0 aromatic heterocycles. The van der Waals surface area contributed by atoms with Crippen LogP contribution < -0.4 is 0 Å². The molecule has 1 rings (SSSR count). The second kappa shape index (κ2) is 2.45. The molecule has 1 fully saturated rings.